The molecule has 2 atom stereocenters. The third kappa shape index (κ3) is 9.34. The quantitative estimate of drug-likeness (QED) is 0.0960. The monoisotopic (exact) mass is 800 g/mol. The second-order valence-corrected chi connectivity index (χ2v) is 14.7. The number of carboxylic acid groups (broad SMARTS) is 1. The van der Waals surface area contributed by atoms with Gasteiger partial charge in [0.25, 0.3) is 0 Å². The number of rotatable bonds is 14. The van der Waals surface area contributed by atoms with Gasteiger partial charge in [-0.05, 0) is 99.1 Å². The molecule has 2 N–H and O–H groups in total. The molecule has 3 saturated heterocycles. The number of carboxylic acids is 1. The van der Waals surface area contributed by atoms with Crippen LogP contribution in [0.15, 0.2) is 73.1 Å². The van der Waals surface area contributed by atoms with Crippen LogP contribution in [0.5, 0.6) is 17.2 Å². The summed E-state index contributed by atoms with van der Waals surface area (Å²) in [6.07, 6.45) is 3.11. The first-order valence-electron chi connectivity index (χ1n) is 17.8. The lowest BCUT2D eigenvalue weighted by Crippen LogP contribution is -2.53. The zero-order valence-electron chi connectivity index (χ0n) is 30.5. The van der Waals surface area contributed by atoms with Gasteiger partial charge >= 0.3 is 18.7 Å². The number of amides is 1. The first-order chi connectivity index (χ1) is 26.3. The number of benzene rings is 3. The molecule has 11 nitrogen and oxygen atoms in total. The molecule has 1 aromatic heterocycles. The number of aromatic carboxylic acids is 1. The van der Waals surface area contributed by atoms with Crippen molar-refractivity contribution in [2.75, 3.05) is 31.6 Å². The minimum Gasteiger partial charge on any atom is -0.495 e. The number of para-hydroxylation sites is 2. The molecule has 3 fully saturated rings. The zero-order chi connectivity index (χ0) is 39.4. The van der Waals surface area contributed by atoms with E-state index in [1.165, 1.54) is 48.7 Å². The molecule has 4 heterocycles. The lowest BCUT2D eigenvalue weighted by atomic mass is 9.82. The molecule has 4 aromatic rings. The van der Waals surface area contributed by atoms with Crippen molar-refractivity contribution in [2.45, 2.75) is 64.4 Å². The minimum absolute atomic E-state index is 0.0102. The third-order valence-electron chi connectivity index (χ3n) is 9.93. The third-order valence-corrected chi connectivity index (χ3v) is 10.6. The van der Waals surface area contributed by atoms with Crippen LogP contribution >= 0.6 is 23.2 Å². The van der Waals surface area contributed by atoms with Crippen molar-refractivity contribution < 1.29 is 52.4 Å². The van der Waals surface area contributed by atoms with E-state index in [1.54, 1.807) is 50.2 Å². The molecule has 3 aliphatic rings. The fraction of sp³-hybridized carbons (Fsp3) is 0.375. The Morgan fingerprint density at radius 1 is 0.964 bits per heavy atom. The fourth-order valence-electron chi connectivity index (χ4n) is 7.34. The number of anilines is 1. The van der Waals surface area contributed by atoms with E-state index in [4.69, 9.17) is 42.1 Å². The van der Waals surface area contributed by atoms with E-state index in [0.717, 1.165) is 25.9 Å². The molecule has 3 aromatic carbocycles. The Bertz CT molecular complexity index is 2010. The molecule has 0 unspecified atom stereocenters. The number of hydrogen-bond acceptors (Lipinski definition) is 8. The van der Waals surface area contributed by atoms with Gasteiger partial charge in [0.05, 0.1) is 31.0 Å². The summed E-state index contributed by atoms with van der Waals surface area (Å²) in [5.41, 5.74) is 2.11. The number of alkyl halides is 2. The highest BCUT2D eigenvalue weighted by Gasteiger charge is 2.38. The lowest BCUT2D eigenvalue weighted by molar-refractivity contribution is -0.904. The maximum Gasteiger partial charge on any atom is 0.415 e. The first-order valence-corrected chi connectivity index (χ1v) is 18.6. The van der Waals surface area contributed by atoms with E-state index < -0.39 is 30.7 Å². The van der Waals surface area contributed by atoms with E-state index in [9.17, 15) is 28.7 Å². The van der Waals surface area contributed by atoms with Crippen molar-refractivity contribution in [3.05, 3.63) is 111 Å². The molecule has 292 valence electrons. The van der Waals surface area contributed by atoms with Gasteiger partial charge < -0.3 is 24.1 Å². The van der Waals surface area contributed by atoms with Gasteiger partial charge in [-0.3, -0.25) is 15.0 Å². The molecule has 0 saturated carbocycles. The zero-order valence-corrected chi connectivity index (χ0v) is 32.0. The Morgan fingerprint density at radius 3 is 2.29 bits per heavy atom. The summed E-state index contributed by atoms with van der Waals surface area (Å²) in [6, 6.07) is 16.2. The second-order valence-electron chi connectivity index (χ2n) is 13.9. The Kier molecular flexibility index (Phi) is 12.5. The Labute approximate surface area is 327 Å². The van der Waals surface area contributed by atoms with Crippen LogP contribution < -0.4 is 23.8 Å². The summed E-state index contributed by atoms with van der Waals surface area (Å²) >= 11 is 13.2. The van der Waals surface area contributed by atoms with Crippen LogP contribution in [0.1, 0.15) is 65.2 Å². The topological polar surface area (TPSA) is 122 Å². The van der Waals surface area contributed by atoms with E-state index >= 15 is 0 Å². The highest BCUT2D eigenvalue weighted by Crippen LogP contribution is 2.41. The van der Waals surface area contributed by atoms with Gasteiger partial charge in [0.1, 0.15) is 21.9 Å². The number of carbonyl (C=O) groups is 2. The Morgan fingerprint density at radius 2 is 1.67 bits per heavy atom. The smallest absolute Gasteiger partial charge is 0.415 e. The fourth-order valence-corrected chi connectivity index (χ4v) is 7.95. The van der Waals surface area contributed by atoms with Crippen molar-refractivity contribution in [2.24, 2.45) is 5.92 Å². The van der Waals surface area contributed by atoms with Crippen LogP contribution in [-0.2, 0) is 17.7 Å². The number of ether oxygens (including phenoxy) is 4. The Hall–Kier alpha value is -4.85. The number of nitrogens with zero attached hydrogens (tertiary/aromatic N) is 3. The van der Waals surface area contributed by atoms with Crippen LogP contribution in [0.25, 0.3) is 0 Å². The first kappa shape index (κ1) is 39.8. The van der Waals surface area contributed by atoms with Gasteiger partial charge in [-0.2, -0.15) is 8.78 Å². The Balaban J connectivity index is 1.46. The van der Waals surface area contributed by atoms with Crippen molar-refractivity contribution in [1.82, 2.24) is 4.90 Å². The summed E-state index contributed by atoms with van der Waals surface area (Å²) in [5.74, 6) is -1.55. The van der Waals surface area contributed by atoms with Gasteiger partial charge in [0.2, 0.25) is 12.4 Å². The largest absolute Gasteiger partial charge is 0.495 e. The summed E-state index contributed by atoms with van der Waals surface area (Å²) in [7, 11) is 1.51. The van der Waals surface area contributed by atoms with E-state index in [-0.39, 0.29) is 52.1 Å². The molecule has 3 aliphatic heterocycles. The standard InChI is InChI=1S/C40H41Cl2F2N3O8/c1-23(2)53-36-17-26(9-11-35(36)54-39(43)44)28(18-30-31(41)20-46(51)21-32(30)42)29-16-24(8-10-27(29)38(48)49)19-47(33-6-4-5-7-34(33)52-3)40(50)55-37-22-45-14-12-25(37)13-15-45/h4-11,16-17,20-21,23,25,28,37,39H,12-15,18-19,22H2,1-3H3,(H-,48,49,51)/p+1/t28-,37-/m0/s1. The number of carbonyl (C=O) groups excluding carboxylic acids is 1. The highest BCUT2D eigenvalue weighted by atomic mass is 35.5. The number of piperidine rings is 3. The number of fused-ring (bicyclic) bond motifs is 3. The average Bonchev–Trinajstić information content (AvgIpc) is 3.14. The van der Waals surface area contributed by atoms with Crippen LogP contribution in [-0.4, -0.2) is 72.8 Å². The van der Waals surface area contributed by atoms with Crippen molar-refractivity contribution in [3.8, 4) is 17.2 Å². The van der Waals surface area contributed by atoms with E-state index in [1.807, 2.05) is 0 Å². The number of hydrogen-bond donors (Lipinski definition) is 2. The molecule has 2 bridgehead atoms. The van der Waals surface area contributed by atoms with Crippen molar-refractivity contribution in [1.29, 1.82) is 0 Å². The maximum absolute atomic E-state index is 14.2. The number of methoxy groups -OCH3 is 1. The summed E-state index contributed by atoms with van der Waals surface area (Å²) in [6.45, 7) is 2.90. The van der Waals surface area contributed by atoms with Gasteiger partial charge in [-0.15, -0.1) is 0 Å². The number of aromatic nitrogens is 1. The van der Waals surface area contributed by atoms with E-state index in [0.29, 0.717) is 45.0 Å². The van der Waals surface area contributed by atoms with Crippen LogP contribution in [0.2, 0.25) is 10.0 Å². The van der Waals surface area contributed by atoms with Gasteiger partial charge in [0, 0.05) is 22.8 Å². The maximum atomic E-state index is 14.2. The van der Waals surface area contributed by atoms with Crippen LogP contribution in [0, 0.1) is 5.92 Å². The SMILES string of the molecule is COc1ccccc1N(Cc1ccc(C(=O)O)c([C@@H](Cc2c(Cl)c[n+](O)cc2Cl)c2ccc(OC(F)F)c(OC(C)C)c2)c1)C(=O)O[C@H]1CN2CCC1CC2. The predicted molar refractivity (Wildman–Crippen MR) is 200 cm³/mol. The van der Waals surface area contributed by atoms with E-state index in [2.05, 4.69) is 4.90 Å². The van der Waals surface area contributed by atoms with Crippen LogP contribution in [0.3, 0.4) is 0 Å². The molecule has 1 amide bonds. The summed E-state index contributed by atoms with van der Waals surface area (Å²) in [5, 5.41) is 20.8. The summed E-state index contributed by atoms with van der Waals surface area (Å²) in [4.78, 5) is 30.8. The number of halogens is 4. The highest BCUT2D eigenvalue weighted by molar-refractivity contribution is 6.35. The van der Waals surface area contributed by atoms with Crippen molar-refractivity contribution >= 4 is 41.0 Å². The lowest BCUT2D eigenvalue weighted by Gasteiger charge is -2.44. The number of pyridine rings is 1. The normalized spacial score (nSPS) is 18.2. The molecular weight excluding hydrogens is 759 g/mol. The molecule has 0 spiro atoms. The van der Waals surface area contributed by atoms with Gasteiger partial charge in [0.15, 0.2) is 11.5 Å². The average molecular weight is 802 g/mol. The molecule has 15 heteroatoms. The molecular formula is C40H42Cl2F2N3O8+. The minimum atomic E-state index is -3.12. The molecule has 55 heavy (non-hydrogen) atoms. The van der Waals surface area contributed by atoms with Gasteiger partial charge in [-0.25, -0.2) is 9.59 Å². The van der Waals surface area contributed by atoms with Crippen LogP contribution in [0.4, 0.5) is 19.3 Å². The van der Waals surface area contributed by atoms with Gasteiger partial charge in [-0.1, -0.05) is 53.5 Å². The predicted octanol–water partition coefficient (Wildman–Crippen LogP) is 8.23. The second kappa shape index (κ2) is 17.3. The molecule has 7 rings (SSSR count). The molecule has 0 radical (unpaired) electrons. The molecule has 0 aliphatic carbocycles. The van der Waals surface area contributed by atoms with Crippen molar-refractivity contribution in [3.63, 3.8) is 0 Å². The summed E-state index contributed by atoms with van der Waals surface area (Å²) < 4.78 is 50.0.